The molecule has 110 valence electrons. The van der Waals surface area contributed by atoms with Crippen LogP contribution in [0.1, 0.15) is 63.5 Å². The van der Waals surface area contributed by atoms with Crippen molar-refractivity contribution < 1.29 is 5.11 Å². The lowest BCUT2D eigenvalue weighted by Gasteiger charge is -2.45. The lowest BCUT2D eigenvalue weighted by molar-refractivity contribution is 0.173. The molecule has 1 aromatic carbocycles. The summed E-state index contributed by atoms with van der Waals surface area (Å²) in [6.07, 6.45) is 8.84. The van der Waals surface area contributed by atoms with Gasteiger partial charge in [0.05, 0.1) is 6.10 Å². The molecule has 2 aliphatic rings. The van der Waals surface area contributed by atoms with Crippen LogP contribution in [-0.4, -0.2) is 17.7 Å². The molecule has 0 radical (unpaired) electrons. The number of benzene rings is 1. The molecular weight excluding hydrogens is 246 g/mol. The quantitative estimate of drug-likeness (QED) is 0.888. The van der Waals surface area contributed by atoms with Gasteiger partial charge in [-0.05, 0) is 55.7 Å². The van der Waals surface area contributed by atoms with Crippen LogP contribution in [0.2, 0.25) is 0 Å². The number of rotatable bonds is 3. The number of fused-ring (bicyclic) bond motifs is 1. The molecule has 1 aliphatic carbocycles. The molecule has 0 spiro atoms. The molecule has 1 saturated carbocycles. The van der Waals surface area contributed by atoms with Crippen molar-refractivity contribution in [3.63, 3.8) is 0 Å². The number of anilines is 1. The molecular formula is C18H27NO. The van der Waals surface area contributed by atoms with Crippen molar-refractivity contribution in [3.05, 3.63) is 29.8 Å². The van der Waals surface area contributed by atoms with E-state index in [2.05, 4.69) is 29.2 Å². The van der Waals surface area contributed by atoms with E-state index < -0.39 is 0 Å². The van der Waals surface area contributed by atoms with Crippen LogP contribution < -0.4 is 4.90 Å². The van der Waals surface area contributed by atoms with Gasteiger partial charge in [-0.2, -0.15) is 0 Å². The maximum absolute atomic E-state index is 9.90. The first kappa shape index (κ1) is 13.9. The van der Waals surface area contributed by atoms with E-state index in [4.69, 9.17) is 0 Å². The molecule has 2 nitrogen and oxygen atoms in total. The smallest absolute Gasteiger partial charge is 0.0787 e. The molecule has 3 atom stereocenters. The van der Waals surface area contributed by atoms with Crippen molar-refractivity contribution in [3.8, 4) is 0 Å². The molecule has 1 saturated heterocycles. The summed E-state index contributed by atoms with van der Waals surface area (Å²) in [6, 6.07) is 9.40. The Labute approximate surface area is 122 Å². The van der Waals surface area contributed by atoms with Gasteiger partial charge < -0.3 is 10.0 Å². The Kier molecular flexibility index (Phi) is 4.30. The maximum Gasteiger partial charge on any atom is 0.0787 e. The zero-order chi connectivity index (χ0) is 13.9. The second-order valence-electron chi connectivity index (χ2n) is 6.46. The number of aliphatic hydroxyl groups excluding tert-OH is 1. The molecule has 20 heavy (non-hydrogen) atoms. The normalized spacial score (nSPS) is 28.0. The summed E-state index contributed by atoms with van der Waals surface area (Å²) in [7, 11) is 0. The van der Waals surface area contributed by atoms with Crippen LogP contribution in [0, 0.1) is 5.92 Å². The van der Waals surface area contributed by atoms with Crippen molar-refractivity contribution in [2.75, 3.05) is 11.4 Å². The van der Waals surface area contributed by atoms with Crippen molar-refractivity contribution in [2.45, 2.75) is 64.0 Å². The molecule has 1 N–H and O–H groups in total. The number of piperidine rings is 1. The highest BCUT2D eigenvalue weighted by Crippen LogP contribution is 2.37. The van der Waals surface area contributed by atoms with E-state index in [9.17, 15) is 5.11 Å². The Morgan fingerprint density at radius 3 is 2.55 bits per heavy atom. The average Bonchev–Trinajstić information content (AvgIpc) is 2.54. The van der Waals surface area contributed by atoms with Crippen LogP contribution in [0.15, 0.2) is 24.3 Å². The van der Waals surface area contributed by atoms with Gasteiger partial charge in [0, 0.05) is 18.3 Å². The van der Waals surface area contributed by atoms with Crippen LogP contribution in [0.3, 0.4) is 0 Å². The lowest BCUT2D eigenvalue weighted by atomic mass is 9.78. The molecule has 3 rings (SSSR count). The highest BCUT2D eigenvalue weighted by Gasteiger charge is 2.33. The summed E-state index contributed by atoms with van der Waals surface area (Å²) in [5, 5.41) is 9.90. The minimum absolute atomic E-state index is 0.312. The minimum atomic E-state index is -0.312. The van der Waals surface area contributed by atoms with Gasteiger partial charge in [-0.3, -0.25) is 0 Å². The molecule has 1 heterocycles. The van der Waals surface area contributed by atoms with Gasteiger partial charge in [-0.25, -0.2) is 0 Å². The van der Waals surface area contributed by atoms with Crippen LogP contribution >= 0.6 is 0 Å². The van der Waals surface area contributed by atoms with E-state index in [0.29, 0.717) is 0 Å². The average molecular weight is 273 g/mol. The SMILES string of the molecule is CC[C@H](O)c1ccc(N2CCCC3CCCCC32)cc1. The predicted octanol–water partition coefficient (Wildman–Crippen LogP) is 4.29. The third-order valence-corrected chi connectivity index (χ3v) is 5.24. The Morgan fingerprint density at radius 2 is 1.80 bits per heavy atom. The van der Waals surface area contributed by atoms with E-state index in [1.165, 1.54) is 50.8 Å². The Balaban J connectivity index is 1.77. The van der Waals surface area contributed by atoms with Crippen molar-refractivity contribution >= 4 is 5.69 Å². The third-order valence-electron chi connectivity index (χ3n) is 5.24. The summed E-state index contributed by atoms with van der Waals surface area (Å²) < 4.78 is 0. The monoisotopic (exact) mass is 273 g/mol. The Bertz CT molecular complexity index is 426. The fraction of sp³-hybridized carbons (Fsp3) is 0.667. The first-order valence-corrected chi connectivity index (χ1v) is 8.34. The zero-order valence-corrected chi connectivity index (χ0v) is 12.6. The fourth-order valence-electron chi connectivity index (χ4n) is 4.07. The summed E-state index contributed by atoms with van der Waals surface area (Å²) in [6.45, 7) is 3.23. The van der Waals surface area contributed by atoms with E-state index in [0.717, 1.165) is 23.9 Å². The lowest BCUT2D eigenvalue weighted by Crippen LogP contribution is -2.46. The van der Waals surface area contributed by atoms with Gasteiger partial charge >= 0.3 is 0 Å². The summed E-state index contributed by atoms with van der Waals surface area (Å²) in [5.41, 5.74) is 2.40. The van der Waals surface area contributed by atoms with Gasteiger partial charge in [0.25, 0.3) is 0 Å². The van der Waals surface area contributed by atoms with Gasteiger partial charge in [0.15, 0.2) is 0 Å². The van der Waals surface area contributed by atoms with E-state index in [1.54, 1.807) is 0 Å². The van der Waals surface area contributed by atoms with Gasteiger partial charge in [-0.15, -0.1) is 0 Å². The molecule has 0 amide bonds. The van der Waals surface area contributed by atoms with Gasteiger partial charge in [-0.1, -0.05) is 31.9 Å². The second kappa shape index (κ2) is 6.17. The highest BCUT2D eigenvalue weighted by atomic mass is 16.3. The topological polar surface area (TPSA) is 23.5 Å². The molecule has 0 aromatic heterocycles. The Hall–Kier alpha value is -1.02. The van der Waals surface area contributed by atoms with Crippen molar-refractivity contribution in [2.24, 2.45) is 5.92 Å². The largest absolute Gasteiger partial charge is 0.388 e. The Morgan fingerprint density at radius 1 is 1.10 bits per heavy atom. The first-order valence-electron chi connectivity index (χ1n) is 8.34. The molecule has 0 bridgehead atoms. The predicted molar refractivity (Wildman–Crippen MR) is 84.0 cm³/mol. The van der Waals surface area contributed by atoms with Crippen molar-refractivity contribution in [1.82, 2.24) is 0 Å². The third kappa shape index (κ3) is 2.71. The van der Waals surface area contributed by atoms with E-state index in [-0.39, 0.29) is 6.10 Å². The zero-order valence-electron chi connectivity index (χ0n) is 12.6. The number of aliphatic hydroxyl groups is 1. The van der Waals surface area contributed by atoms with E-state index >= 15 is 0 Å². The van der Waals surface area contributed by atoms with E-state index in [1.807, 2.05) is 6.92 Å². The van der Waals surface area contributed by atoms with Gasteiger partial charge in [0.2, 0.25) is 0 Å². The summed E-state index contributed by atoms with van der Waals surface area (Å²) >= 11 is 0. The number of hydrogen-bond donors (Lipinski definition) is 1. The van der Waals surface area contributed by atoms with Crippen LogP contribution in [-0.2, 0) is 0 Å². The summed E-state index contributed by atoms with van der Waals surface area (Å²) in [4.78, 5) is 2.63. The van der Waals surface area contributed by atoms with Crippen LogP contribution in [0.5, 0.6) is 0 Å². The molecule has 1 aromatic rings. The molecule has 2 fully saturated rings. The first-order chi connectivity index (χ1) is 9.79. The number of nitrogens with zero attached hydrogens (tertiary/aromatic N) is 1. The van der Waals surface area contributed by atoms with Crippen molar-refractivity contribution in [1.29, 1.82) is 0 Å². The molecule has 2 unspecified atom stereocenters. The molecule has 2 heteroatoms. The van der Waals surface area contributed by atoms with Crippen LogP contribution in [0.4, 0.5) is 5.69 Å². The highest BCUT2D eigenvalue weighted by molar-refractivity contribution is 5.49. The second-order valence-corrected chi connectivity index (χ2v) is 6.46. The summed E-state index contributed by atoms with van der Waals surface area (Å²) in [5.74, 6) is 0.915. The van der Waals surface area contributed by atoms with Gasteiger partial charge in [0.1, 0.15) is 0 Å². The minimum Gasteiger partial charge on any atom is -0.388 e. The standard InChI is InChI=1S/C18H27NO/c1-2-18(20)15-9-11-16(12-10-15)19-13-5-7-14-6-3-4-8-17(14)19/h9-12,14,17-18,20H,2-8,13H2,1H3/t14?,17?,18-/m0/s1. The van der Waals surface area contributed by atoms with Crippen LogP contribution in [0.25, 0.3) is 0 Å². The number of hydrogen-bond acceptors (Lipinski definition) is 2. The maximum atomic E-state index is 9.90. The molecule has 1 aliphatic heterocycles. The fourth-order valence-corrected chi connectivity index (χ4v) is 4.07.